The van der Waals surface area contributed by atoms with E-state index in [0.717, 1.165) is 24.6 Å². The summed E-state index contributed by atoms with van der Waals surface area (Å²) in [5.74, 6) is -0.582. The van der Waals surface area contributed by atoms with E-state index in [1.54, 1.807) is 36.1 Å². The molecular weight excluding hydrogens is 500 g/mol. The Kier molecular flexibility index (Phi) is 6.81. The molecule has 6 nitrogen and oxygen atoms in total. The number of carbonyl (C=O) groups is 1. The number of nitrogens with one attached hydrogen (secondary N) is 2. The highest BCUT2D eigenvalue weighted by molar-refractivity contribution is 5.96. The smallest absolute Gasteiger partial charge is 0.433 e. The van der Waals surface area contributed by atoms with Crippen molar-refractivity contribution in [3.8, 4) is 11.1 Å². The molecule has 1 atom stereocenters. The third-order valence-electron chi connectivity index (χ3n) is 6.82. The highest BCUT2D eigenvalue weighted by atomic mass is 19.4. The number of ether oxygens (including phenoxy) is 1. The summed E-state index contributed by atoms with van der Waals surface area (Å²) in [5, 5.41) is 11.0. The van der Waals surface area contributed by atoms with E-state index >= 15 is 0 Å². The predicted molar refractivity (Wildman–Crippen MR) is 133 cm³/mol. The largest absolute Gasteiger partial charge is 0.463 e. The van der Waals surface area contributed by atoms with Crippen LogP contribution in [0.2, 0.25) is 0 Å². The van der Waals surface area contributed by atoms with Gasteiger partial charge in [0.25, 0.3) is 11.9 Å². The average molecular weight is 527 g/mol. The Morgan fingerprint density at radius 2 is 2.00 bits per heavy atom. The molecule has 1 aromatic heterocycles. The minimum absolute atomic E-state index is 0.0285. The van der Waals surface area contributed by atoms with Gasteiger partial charge in [-0.2, -0.15) is 13.2 Å². The Morgan fingerprint density at radius 1 is 1.21 bits per heavy atom. The molecule has 0 bridgehead atoms. The fraction of sp³-hybridized carbons (Fsp3) is 0.321. The highest BCUT2D eigenvalue weighted by Crippen LogP contribution is 2.42. The number of carbonyl (C=O) groups excluding carboxylic acids is 1. The van der Waals surface area contributed by atoms with Gasteiger partial charge in [0.15, 0.2) is 5.69 Å². The summed E-state index contributed by atoms with van der Waals surface area (Å²) in [5.41, 5.74) is 1.00. The zero-order chi connectivity index (χ0) is 27.0. The van der Waals surface area contributed by atoms with E-state index in [1.807, 2.05) is 0 Å². The van der Waals surface area contributed by atoms with Crippen molar-refractivity contribution in [2.75, 3.05) is 13.2 Å². The summed E-state index contributed by atoms with van der Waals surface area (Å²) in [6.45, 7) is 2.65. The van der Waals surface area contributed by atoms with Crippen molar-refractivity contribution in [3.63, 3.8) is 0 Å². The molecule has 1 saturated carbocycles. The quantitative estimate of drug-likeness (QED) is 0.378. The van der Waals surface area contributed by atoms with Gasteiger partial charge in [0.2, 0.25) is 0 Å². The van der Waals surface area contributed by atoms with E-state index in [2.05, 4.69) is 10.3 Å². The first-order chi connectivity index (χ1) is 18.1. The topological polar surface area (TPSA) is 78.3 Å². The zero-order valence-electron chi connectivity index (χ0n) is 20.6. The average Bonchev–Trinajstić information content (AvgIpc) is 3.65. The van der Waals surface area contributed by atoms with Crippen LogP contribution in [0.25, 0.3) is 11.1 Å². The van der Waals surface area contributed by atoms with Gasteiger partial charge in [0.1, 0.15) is 12.4 Å². The van der Waals surface area contributed by atoms with Crippen LogP contribution in [-0.4, -0.2) is 35.0 Å². The maximum Gasteiger partial charge on any atom is 0.433 e. The number of hydrogen-bond donors (Lipinski definition) is 2. The van der Waals surface area contributed by atoms with E-state index in [9.17, 15) is 22.4 Å². The third-order valence-corrected chi connectivity index (χ3v) is 6.82. The van der Waals surface area contributed by atoms with Crippen LogP contribution in [0, 0.1) is 24.1 Å². The Morgan fingerprint density at radius 3 is 2.66 bits per heavy atom. The summed E-state index contributed by atoms with van der Waals surface area (Å²) >= 11 is 0. The van der Waals surface area contributed by atoms with Crippen LogP contribution in [0.5, 0.6) is 0 Å². The number of hydrogen-bond acceptors (Lipinski definition) is 4. The van der Waals surface area contributed by atoms with E-state index in [-0.39, 0.29) is 47.0 Å². The normalized spacial score (nSPS) is 16.3. The van der Waals surface area contributed by atoms with Crippen LogP contribution < -0.4 is 5.32 Å². The molecule has 2 heterocycles. The summed E-state index contributed by atoms with van der Waals surface area (Å²) in [6.07, 6.45) is -1.78. The monoisotopic (exact) mass is 526 g/mol. The first-order valence-corrected chi connectivity index (χ1v) is 12.3. The van der Waals surface area contributed by atoms with Gasteiger partial charge in [-0.3, -0.25) is 15.2 Å². The molecule has 2 aliphatic rings. The second kappa shape index (κ2) is 10.1. The number of aryl methyl sites for hydroxylation is 1. The standard InChI is InChI=1S/C28H26F4N4O2/c1-16-11-19(6-7-23(16)29)24(18-4-5-18)35-26(37)21-13-17(15-36-9-10-38-27(36)33)12-20(14-21)22-3-2-8-34-25(22)28(30,31)32/h2-3,6-8,11-14,18,24,33H,4-5,9-10,15H2,1H3,(H,35,37)/t24-/m0/s1. The number of rotatable bonds is 7. The lowest BCUT2D eigenvalue weighted by molar-refractivity contribution is -0.140. The minimum Gasteiger partial charge on any atom is -0.463 e. The molecule has 1 aliphatic carbocycles. The second-order valence-electron chi connectivity index (χ2n) is 9.69. The van der Waals surface area contributed by atoms with Gasteiger partial charge in [0.05, 0.1) is 12.6 Å². The maximum atomic E-state index is 13.9. The molecule has 198 valence electrons. The lowest BCUT2D eigenvalue weighted by Gasteiger charge is -2.21. The fourth-order valence-electron chi connectivity index (χ4n) is 4.74. The van der Waals surface area contributed by atoms with Gasteiger partial charge in [-0.05, 0) is 78.3 Å². The molecule has 38 heavy (non-hydrogen) atoms. The molecule has 0 spiro atoms. The second-order valence-corrected chi connectivity index (χ2v) is 9.69. The molecule has 1 saturated heterocycles. The number of alkyl halides is 3. The lowest BCUT2D eigenvalue weighted by Crippen LogP contribution is -2.30. The summed E-state index contributed by atoms with van der Waals surface area (Å²) in [4.78, 5) is 18.7. The van der Waals surface area contributed by atoms with Crippen molar-refractivity contribution in [2.24, 2.45) is 5.92 Å². The van der Waals surface area contributed by atoms with Crippen LogP contribution in [0.3, 0.4) is 0 Å². The number of benzene rings is 2. The number of aromatic nitrogens is 1. The van der Waals surface area contributed by atoms with Gasteiger partial charge < -0.3 is 15.0 Å². The van der Waals surface area contributed by atoms with Crippen molar-refractivity contribution in [2.45, 2.75) is 38.5 Å². The first kappa shape index (κ1) is 25.7. The Labute approximate surface area is 217 Å². The SMILES string of the molecule is Cc1cc([C@@H](NC(=O)c2cc(CN3CCOC3=N)cc(-c3cccnc3C(F)(F)F)c2)C2CC2)ccc1F. The third kappa shape index (κ3) is 5.49. The van der Waals surface area contributed by atoms with Crippen molar-refractivity contribution >= 4 is 11.9 Å². The van der Waals surface area contributed by atoms with E-state index in [0.29, 0.717) is 24.3 Å². The molecule has 0 radical (unpaired) electrons. The molecule has 5 rings (SSSR count). The Hall–Kier alpha value is -3.95. The molecule has 1 aliphatic heterocycles. The molecule has 2 N–H and O–H groups in total. The van der Waals surface area contributed by atoms with Gasteiger partial charge in [-0.15, -0.1) is 0 Å². The van der Waals surface area contributed by atoms with Crippen LogP contribution >= 0.6 is 0 Å². The van der Waals surface area contributed by atoms with Gasteiger partial charge in [-0.1, -0.05) is 18.2 Å². The predicted octanol–water partition coefficient (Wildman–Crippen LogP) is 5.86. The summed E-state index contributed by atoms with van der Waals surface area (Å²) in [6, 6.07) is 11.7. The van der Waals surface area contributed by atoms with Crippen molar-refractivity contribution < 1.29 is 27.1 Å². The Bertz CT molecular complexity index is 1390. The molecule has 10 heteroatoms. The van der Waals surface area contributed by atoms with E-state index in [1.165, 1.54) is 24.3 Å². The number of amidine groups is 1. The van der Waals surface area contributed by atoms with Crippen molar-refractivity contribution in [1.29, 1.82) is 5.41 Å². The molecule has 2 aromatic carbocycles. The fourth-order valence-corrected chi connectivity index (χ4v) is 4.74. The van der Waals surface area contributed by atoms with E-state index in [4.69, 9.17) is 10.1 Å². The van der Waals surface area contributed by atoms with Crippen LogP contribution in [0.15, 0.2) is 54.7 Å². The minimum atomic E-state index is -4.68. The van der Waals surface area contributed by atoms with E-state index < -0.39 is 17.8 Å². The number of pyridine rings is 1. The number of amides is 1. The zero-order valence-corrected chi connectivity index (χ0v) is 20.6. The molecule has 1 amide bonds. The van der Waals surface area contributed by atoms with Crippen LogP contribution in [0.4, 0.5) is 17.6 Å². The first-order valence-electron chi connectivity index (χ1n) is 12.3. The van der Waals surface area contributed by atoms with Gasteiger partial charge in [0, 0.05) is 23.9 Å². The molecule has 2 fully saturated rings. The van der Waals surface area contributed by atoms with Crippen molar-refractivity contribution in [3.05, 3.63) is 88.5 Å². The molecular formula is C28H26F4N4O2. The van der Waals surface area contributed by atoms with Crippen LogP contribution in [0.1, 0.15) is 51.6 Å². The maximum absolute atomic E-state index is 13.9. The number of nitrogens with zero attached hydrogens (tertiary/aromatic N) is 2. The van der Waals surface area contributed by atoms with Gasteiger partial charge in [-0.25, -0.2) is 4.39 Å². The molecule has 0 unspecified atom stereocenters. The van der Waals surface area contributed by atoms with Gasteiger partial charge >= 0.3 is 6.18 Å². The molecule has 3 aromatic rings. The lowest BCUT2D eigenvalue weighted by atomic mass is 9.96. The number of halogens is 4. The highest BCUT2D eigenvalue weighted by Gasteiger charge is 2.36. The summed E-state index contributed by atoms with van der Waals surface area (Å²) in [7, 11) is 0. The van der Waals surface area contributed by atoms with Crippen LogP contribution in [-0.2, 0) is 17.5 Å². The van der Waals surface area contributed by atoms with Crippen molar-refractivity contribution in [1.82, 2.24) is 15.2 Å². The summed E-state index contributed by atoms with van der Waals surface area (Å²) < 4.78 is 60.4. The Balaban J connectivity index is 1.52.